The summed E-state index contributed by atoms with van der Waals surface area (Å²) < 4.78 is 5.35. The van der Waals surface area contributed by atoms with Crippen LogP contribution in [0, 0.1) is 0 Å². The summed E-state index contributed by atoms with van der Waals surface area (Å²) in [4.78, 5) is 22.4. The van der Waals surface area contributed by atoms with Crippen LogP contribution in [0.15, 0.2) is 64.5 Å². The lowest BCUT2D eigenvalue weighted by molar-refractivity contribution is -0.129. The topological polar surface area (TPSA) is 72.1 Å². The molecular formula is C18H18N4O2S. The van der Waals surface area contributed by atoms with Crippen LogP contribution in [-0.2, 0) is 11.3 Å². The van der Waals surface area contributed by atoms with Gasteiger partial charge < -0.3 is 9.42 Å². The second-order valence-electron chi connectivity index (χ2n) is 5.54. The number of aromatic nitrogens is 3. The van der Waals surface area contributed by atoms with Gasteiger partial charge in [-0.2, -0.15) is 0 Å². The predicted molar refractivity (Wildman–Crippen MR) is 95.8 cm³/mol. The van der Waals surface area contributed by atoms with Gasteiger partial charge in [-0.05, 0) is 31.2 Å². The van der Waals surface area contributed by atoms with Crippen molar-refractivity contribution in [3.8, 4) is 11.3 Å². The minimum absolute atomic E-state index is 0.0116. The number of rotatable bonds is 6. The Morgan fingerprint density at radius 1 is 1.24 bits per heavy atom. The maximum atomic E-state index is 12.5. The molecule has 3 heterocycles. The monoisotopic (exact) mass is 354 g/mol. The molecule has 0 saturated carbocycles. The smallest absolute Gasteiger partial charge is 0.235 e. The molecule has 0 fully saturated rings. The van der Waals surface area contributed by atoms with Gasteiger partial charge in [0.05, 0.1) is 16.8 Å². The molecule has 0 N–H and O–H groups in total. The minimum Gasteiger partial charge on any atom is -0.359 e. The Balaban J connectivity index is 1.61. The third-order valence-corrected chi connectivity index (χ3v) is 4.63. The van der Waals surface area contributed by atoms with Crippen molar-refractivity contribution < 1.29 is 9.32 Å². The summed E-state index contributed by atoms with van der Waals surface area (Å²) in [5.41, 5.74) is 1.66. The van der Waals surface area contributed by atoms with Crippen LogP contribution in [0.2, 0.25) is 0 Å². The van der Waals surface area contributed by atoms with Crippen LogP contribution in [0.3, 0.4) is 0 Å². The zero-order valence-corrected chi connectivity index (χ0v) is 14.8. The van der Waals surface area contributed by atoms with Crippen molar-refractivity contribution in [1.82, 2.24) is 20.0 Å². The molecule has 1 amide bonds. The molecule has 1 atom stereocenters. The van der Waals surface area contributed by atoms with Crippen LogP contribution < -0.4 is 0 Å². The van der Waals surface area contributed by atoms with E-state index in [1.54, 1.807) is 30.5 Å². The van der Waals surface area contributed by atoms with Gasteiger partial charge in [-0.3, -0.25) is 9.78 Å². The van der Waals surface area contributed by atoms with Gasteiger partial charge in [-0.1, -0.05) is 23.0 Å². The molecule has 0 aliphatic rings. The number of hydrogen-bond acceptors (Lipinski definition) is 6. The van der Waals surface area contributed by atoms with Gasteiger partial charge in [0.15, 0.2) is 5.76 Å². The Morgan fingerprint density at radius 2 is 2.04 bits per heavy atom. The minimum atomic E-state index is -0.234. The number of hydrogen-bond donors (Lipinski definition) is 0. The summed E-state index contributed by atoms with van der Waals surface area (Å²) >= 11 is 1.44. The van der Waals surface area contributed by atoms with Crippen molar-refractivity contribution in [3.63, 3.8) is 0 Å². The fourth-order valence-corrected chi connectivity index (χ4v) is 3.24. The summed E-state index contributed by atoms with van der Waals surface area (Å²) in [7, 11) is 1.76. The highest BCUT2D eigenvalue weighted by Gasteiger charge is 2.20. The van der Waals surface area contributed by atoms with Crippen molar-refractivity contribution >= 4 is 17.7 Å². The van der Waals surface area contributed by atoms with E-state index in [0.717, 1.165) is 16.3 Å². The van der Waals surface area contributed by atoms with E-state index in [-0.39, 0.29) is 11.2 Å². The molecule has 0 radical (unpaired) electrons. The van der Waals surface area contributed by atoms with Gasteiger partial charge in [0, 0.05) is 37.3 Å². The highest BCUT2D eigenvalue weighted by molar-refractivity contribution is 8.00. The molecule has 0 aliphatic carbocycles. The Morgan fingerprint density at radius 3 is 2.76 bits per heavy atom. The van der Waals surface area contributed by atoms with E-state index in [0.29, 0.717) is 12.3 Å². The van der Waals surface area contributed by atoms with Crippen LogP contribution in [0.4, 0.5) is 0 Å². The van der Waals surface area contributed by atoms with Crippen LogP contribution in [0.5, 0.6) is 0 Å². The zero-order valence-electron chi connectivity index (χ0n) is 14.0. The van der Waals surface area contributed by atoms with Gasteiger partial charge in [-0.25, -0.2) is 4.98 Å². The molecule has 0 saturated heterocycles. The molecule has 3 rings (SSSR count). The molecule has 6 nitrogen and oxygen atoms in total. The van der Waals surface area contributed by atoms with Crippen molar-refractivity contribution in [2.45, 2.75) is 23.7 Å². The molecule has 7 heteroatoms. The molecule has 0 unspecified atom stereocenters. The number of pyridine rings is 2. The van der Waals surface area contributed by atoms with E-state index in [1.807, 2.05) is 43.3 Å². The number of nitrogens with zero attached hydrogens (tertiary/aromatic N) is 4. The van der Waals surface area contributed by atoms with Gasteiger partial charge >= 0.3 is 0 Å². The first-order chi connectivity index (χ1) is 12.1. The molecule has 0 spiro atoms. The average Bonchev–Trinajstić information content (AvgIpc) is 3.11. The van der Waals surface area contributed by atoms with Crippen molar-refractivity contribution in [2.75, 3.05) is 7.05 Å². The SMILES string of the molecule is C[C@@H](Sc1ccccn1)C(=O)N(C)Cc1cc(-c2ccncc2)no1. The highest BCUT2D eigenvalue weighted by Crippen LogP contribution is 2.23. The number of carbonyl (C=O) groups is 1. The summed E-state index contributed by atoms with van der Waals surface area (Å²) in [5.74, 6) is 0.648. The van der Waals surface area contributed by atoms with E-state index in [1.165, 1.54) is 11.8 Å². The first-order valence-electron chi connectivity index (χ1n) is 7.82. The van der Waals surface area contributed by atoms with Crippen LogP contribution in [-0.4, -0.2) is 38.2 Å². The molecular weight excluding hydrogens is 336 g/mol. The average molecular weight is 354 g/mol. The van der Waals surface area contributed by atoms with E-state index in [9.17, 15) is 4.79 Å². The zero-order chi connectivity index (χ0) is 17.6. The highest BCUT2D eigenvalue weighted by atomic mass is 32.2. The molecule has 25 heavy (non-hydrogen) atoms. The molecule has 0 aliphatic heterocycles. The Bertz CT molecular complexity index is 823. The number of thioether (sulfide) groups is 1. The van der Waals surface area contributed by atoms with Crippen LogP contribution in [0.25, 0.3) is 11.3 Å². The Labute approximate surface area is 150 Å². The van der Waals surface area contributed by atoms with Crippen LogP contribution >= 0.6 is 11.8 Å². The molecule has 128 valence electrons. The predicted octanol–water partition coefficient (Wildman–Crippen LogP) is 3.27. The number of amides is 1. The van der Waals surface area contributed by atoms with Gasteiger partial charge in [0.1, 0.15) is 5.69 Å². The van der Waals surface area contributed by atoms with E-state index in [2.05, 4.69) is 15.1 Å². The second kappa shape index (κ2) is 7.94. The van der Waals surface area contributed by atoms with E-state index in [4.69, 9.17) is 4.52 Å². The maximum Gasteiger partial charge on any atom is 0.235 e. The maximum absolute atomic E-state index is 12.5. The van der Waals surface area contributed by atoms with Gasteiger partial charge in [0.25, 0.3) is 0 Å². The third kappa shape index (κ3) is 4.45. The van der Waals surface area contributed by atoms with E-state index < -0.39 is 0 Å². The fraction of sp³-hybridized carbons (Fsp3) is 0.222. The molecule has 3 aromatic rings. The molecule has 0 aromatic carbocycles. The molecule has 0 bridgehead atoms. The molecule has 3 aromatic heterocycles. The largest absolute Gasteiger partial charge is 0.359 e. The summed E-state index contributed by atoms with van der Waals surface area (Å²) in [6.45, 7) is 2.24. The fourth-order valence-electron chi connectivity index (χ4n) is 2.32. The van der Waals surface area contributed by atoms with Crippen molar-refractivity contribution in [1.29, 1.82) is 0 Å². The van der Waals surface area contributed by atoms with Gasteiger partial charge in [-0.15, -0.1) is 0 Å². The lowest BCUT2D eigenvalue weighted by Gasteiger charge is -2.19. The quantitative estimate of drug-likeness (QED) is 0.633. The third-order valence-electron chi connectivity index (χ3n) is 3.59. The normalized spacial score (nSPS) is 11.9. The van der Waals surface area contributed by atoms with Crippen molar-refractivity contribution in [2.24, 2.45) is 0 Å². The lowest BCUT2D eigenvalue weighted by Crippen LogP contribution is -2.32. The Kier molecular flexibility index (Phi) is 5.45. The lowest BCUT2D eigenvalue weighted by atomic mass is 10.2. The Hall–Kier alpha value is -2.67. The summed E-state index contributed by atoms with van der Waals surface area (Å²) in [5, 5.41) is 4.65. The summed E-state index contributed by atoms with van der Waals surface area (Å²) in [6.07, 6.45) is 5.13. The van der Waals surface area contributed by atoms with Crippen LogP contribution in [0.1, 0.15) is 12.7 Å². The van der Waals surface area contributed by atoms with E-state index >= 15 is 0 Å². The van der Waals surface area contributed by atoms with Crippen molar-refractivity contribution in [3.05, 3.63) is 60.7 Å². The second-order valence-corrected chi connectivity index (χ2v) is 6.90. The summed E-state index contributed by atoms with van der Waals surface area (Å²) in [6, 6.07) is 11.2. The first-order valence-corrected chi connectivity index (χ1v) is 8.70. The standard InChI is InChI=1S/C18H18N4O2S/c1-13(25-17-5-3-4-8-20-17)18(23)22(2)12-15-11-16(21-24-15)14-6-9-19-10-7-14/h3-11,13H,12H2,1-2H3/t13-/m1/s1. The van der Waals surface area contributed by atoms with Gasteiger partial charge in [0.2, 0.25) is 5.91 Å². The first kappa shape index (κ1) is 17.2. The number of carbonyl (C=O) groups excluding carboxylic acids is 1.